The fourth-order valence-electron chi connectivity index (χ4n) is 3.10. The Labute approximate surface area is 166 Å². The Morgan fingerprint density at radius 1 is 0.846 bits per heavy atom. The van der Waals surface area contributed by atoms with E-state index in [1.165, 1.54) is 12.8 Å². The summed E-state index contributed by atoms with van der Waals surface area (Å²) in [5.74, 6) is 0. The fourth-order valence-corrected chi connectivity index (χ4v) is 3.10. The van der Waals surface area contributed by atoms with Crippen LogP contribution in [0.2, 0.25) is 0 Å². The molecule has 4 heterocycles. The smallest absolute Gasteiger partial charge is 0.385 e. The fraction of sp³-hybridized carbons (Fsp3) is 0.438. The molecule has 0 spiro atoms. The maximum atomic E-state index is 4.49. The van der Waals surface area contributed by atoms with Gasteiger partial charge >= 0.3 is 25.5 Å². The molecule has 0 aliphatic carbocycles. The molecule has 26 heavy (non-hydrogen) atoms. The van der Waals surface area contributed by atoms with Crippen LogP contribution in [0.4, 0.5) is 0 Å². The molecule has 1 aliphatic rings. The van der Waals surface area contributed by atoms with Gasteiger partial charge in [0.2, 0.25) is 0 Å². The summed E-state index contributed by atoms with van der Waals surface area (Å²) in [7, 11) is 0. The van der Waals surface area contributed by atoms with Gasteiger partial charge in [-0.25, -0.2) is 15.3 Å². The van der Waals surface area contributed by atoms with Crippen molar-refractivity contribution in [1.82, 2.24) is 39.4 Å². The Morgan fingerprint density at radius 2 is 1.31 bits per heavy atom. The molecule has 10 heteroatoms. The van der Waals surface area contributed by atoms with Gasteiger partial charge in [-0.3, -0.25) is 5.43 Å². The van der Waals surface area contributed by atoms with Gasteiger partial charge in [0.15, 0.2) is 0 Å². The summed E-state index contributed by atoms with van der Waals surface area (Å²) in [6.07, 6.45) is 14.9. The van der Waals surface area contributed by atoms with E-state index in [2.05, 4.69) is 39.5 Å². The van der Waals surface area contributed by atoms with Gasteiger partial charge in [-0.05, 0) is 49.8 Å². The first-order valence-electron chi connectivity index (χ1n) is 8.99. The summed E-state index contributed by atoms with van der Waals surface area (Å²) in [4.78, 5) is 2.17. The SMILES string of the molecule is CCCC.[Li+].c1cnn([B-](N2CCCN2)(n2cccn2)n2cccn2)c1. The van der Waals surface area contributed by atoms with Crippen LogP contribution in [-0.2, 0) is 0 Å². The summed E-state index contributed by atoms with van der Waals surface area (Å²) < 4.78 is 5.74. The van der Waals surface area contributed by atoms with E-state index in [-0.39, 0.29) is 18.9 Å². The summed E-state index contributed by atoms with van der Waals surface area (Å²) in [6, 6.07) is 5.75. The molecule has 0 bridgehead atoms. The van der Waals surface area contributed by atoms with E-state index >= 15 is 0 Å². The van der Waals surface area contributed by atoms with Crippen LogP contribution in [0.15, 0.2) is 55.4 Å². The van der Waals surface area contributed by atoms with Crippen LogP contribution in [0, 0.1) is 0 Å². The van der Waals surface area contributed by atoms with E-state index in [1.54, 1.807) is 18.6 Å². The van der Waals surface area contributed by atoms with Crippen LogP contribution in [-0.4, -0.2) is 53.8 Å². The quantitative estimate of drug-likeness (QED) is 0.579. The average molecular weight is 348 g/mol. The van der Waals surface area contributed by atoms with Gasteiger partial charge in [-0.15, -0.1) is 0 Å². The summed E-state index contributed by atoms with van der Waals surface area (Å²) in [6.45, 7) is 4.54. The molecule has 0 unspecified atom stereocenters. The van der Waals surface area contributed by atoms with Gasteiger partial charge < -0.3 is 18.7 Å². The number of hydrogen-bond donors (Lipinski definition) is 1. The molecule has 0 amide bonds. The number of hydrazine groups is 1. The molecule has 3 aromatic rings. The van der Waals surface area contributed by atoms with Gasteiger partial charge in [0.05, 0.1) is 0 Å². The Kier molecular flexibility index (Phi) is 7.72. The van der Waals surface area contributed by atoms with Crippen molar-refractivity contribution in [2.24, 2.45) is 0 Å². The molecule has 134 valence electrons. The molecular formula is C16H26BLiN8. The van der Waals surface area contributed by atoms with Crippen molar-refractivity contribution in [3.05, 3.63) is 55.4 Å². The topological polar surface area (TPSA) is 68.7 Å². The summed E-state index contributed by atoms with van der Waals surface area (Å²) >= 11 is 0. The number of nitrogens with one attached hydrogen (secondary N) is 1. The van der Waals surface area contributed by atoms with E-state index in [0.717, 1.165) is 19.5 Å². The standard InChI is InChI=1S/C12H16BN8.C4H10.Li/c1-5-14-18(9-1)13(19-10-2-6-15-19,20-11-3-7-16-20)21-12-4-8-17-21;1-3-4-2;/h1-3,5-7,9-11,17H,4,8,12H2;3-4H2,1-2H3;/q-1;;+1. The normalized spacial score (nSPS) is 14.5. The molecule has 1 saturated heterocycles. The van der Waals surface area contributed by atoms with E-state index < -0.39 is 6.69 Å². The molecule has 3 aromatic heterocycles. The first-order chi connectivity index (χ1) is 12.3. The zero-order valence-corrected chi connectivity index (χ0v) is 15.9. The van der Waals surface area contributed by atoms with Crippen molar-refractivity contribution >= 4 is 6.69 Å². The van der Waals surface area contributed by atoms with Gasteiger partial charge in [0, 0.05) is 25.1 Å². The molecule has 8 nitrogen and oxygen atoms in total. The maximum Gasteiger partial charge on any atom is 1.00 e. The predicted octanol–water partition coefficient (Wildman–Crippen LogP) is -1.32. The zero-order valence-electron chi connectivity index (χ0n) is 15.9. The Balaban J connectivity index is 0.000000444. The molecule has 0 atom stereocenters. The van der Waals surface area contributed by atoms with E-state index in [0.29, 0.717) is 0 Å². The van der Waals surface area contributed by atoms with Crippen LogP contribution < -0.4 is 24.3 Å². The molecule has 4 rings (SSSR count). The first kappa shape index (κ1) is 20.5. The third-order valence-corrected chi connectivity index (χ3v) is 4.45. The maximum absolute atomic E-state index is 4.49. The summed E-state index contributed by atoms with van der Waals surface area (Å²) in [5, 5.41) is 13.5. The molecule has 1 aliphatic heterocycles. The molecule has 0 radical (unpaired) electrons. The van der Waals surface area contributed by atoms with Crippen molar-refractivity contribution in [2.45, 2.75) is 33.1 Å². The van der Waals surface area contributed by atoms with Gasteiger partial charge in [0.25, 0.3) is 0 Å². The van der Waals surface area contributed by atoms with Gasteiger partial charge in [-0.1, -0.05) is 26.7 Å². The average Bonchev–Trinajstić information content (AvgIpc) is 3.46. The van der Waals surface area contributed by atoms with E-state index in [4.69, 9.17) is 0 Å². The van der Waals surface area contributed by atoms with Crippen molar-refractivity contribution < 1.29 is 18.9 Å². The Hall–Kier alpha value is -1.79. The second-order valence-corrected chi connectivity index (χ2v) is 6.11. The van der Waals surface area contributed by atoms with Crippen LogP contribution in [0.1, 0.15) is 33.1 Å². The Bertz CT molecular complexity index is 621. The monoisotopic (exact) mass is 348 g/mol. The van der Waals surface area contributed by atoms with Crippen LogP contribution in [0.25, 0.3) is 0 Å². The van der Waals surface area contributed by atoms with Crippen LogP contribution in [0.3, 0.4) is 0 Å². The second-order valence-electron chi connectivity index (χ2n) is 6.11. The van der Waals surface area contributed by atoms with Gasteiger partial charge in [-0.2, -0.15) is 0 Å². The molecular weight excluding hydrogens is 322 g/mol. The minimum atomic E-state index is -1.66. The number of aromatic nitrogens is 6. The van der Waals surface area contributed by atoms with Crippen LogP contribution >= 0.6 is 0 Å². The number of hydrogen-bond acceptors (Lipinski definition) is 5. The minimum Gasteiger partial charge on any atom is -0.385 e. The third-order valence-electron chi connectivity index (χ3n) is 4.45. The minimum absolute atomic E-state index is 0. The number of nitrogens with zero attached hydrogens (tertiary/aromatic N) is 7. The number of unbranched alkanes of at least 4 members (excludes halogenated alkanes) is 1. The third kappa shape index (κ3) is 3.81. The molecule has 1 fully saturated rings. The predicted molar refractivity (Wildman–Crippen MR) is 98.5 cm³/mol. The molecule has 0 saturated carbocycles. The van der Waals surface area contributed by atoms with Gasteiger partial charge in [0.1, 0.15) is 0 Å². The zero-order chi connectivity index (χ0) is 17.5. The largest absolute Gasteiger partial charge is 1.00 e. The first-order valence-corrected chi connectivity index (χ1v) is 8.99. The van der Waals surface area contributed by atoms with Crippen molar-refractivity contribution in [1.29, 1.82) is 0 Å². The van der Waals surface area contributed by atoms with E-state index in [1.807, 2.05) is 50.6 Å². The van der Waals surface area contributed by atoms with E-state index in [9.17, 15) is 0 Å². The van der Waals surface area contributed by atoms with Crippen molar-refractivity contribution in [3.8, 4) is 0 Å². The van der Waals surface area contributed by atoms with Crippen molar-refractivity contribution in [3.63, 3.8) is 0 Å². The number of rotatable bonds is 5. The van der Waals surface area contributed by atoms with Crippen LogP contribution in [0.5, 0.6) is 0 Å². The summed E-state index contributed by atoms with van der Waals surface area (Å²) in [5.41, 5.74) is 3.44. The van der Waals surface area contributed by atoms with Crippen molar-refractivity contribution in [2.75, 3.05) is 13.1 Å². The molecule has 1 N–H and O–H groups in total. The molecule has 0 aromatic carbocycles. The second kappa shape index (κ2) is 9.78. The Morgan fingerprint density at radius 3 is 1.58 bits per heavy atom.